The maximum absolute atomic E-state index is 5.27. The molecule has 0 aromatic heterocycles. The fraction of sp³-hybridized carbons (Fsp3) is 0.923. The summed E-state index contributed by atoms with van der Waals surface area (Å²) in [7, 11) is -0.0572. The zero-order valence-electron chi connectivity index (χ0n) is 10.9. The molecule has 0 aliphatic rings. The summed E-state index contributed by atoms with van der Waals surface area (Å²) in [6, 6.07) is 0. The van der Waals surface area contributed by atoms with Crippen molar-refractivity contribution < 1.29 is 0 Å². The van der Waals surface area contributed by atoms with Crippen LogP contribution in [-0.2, 0) is 0 Å². The molecule has 0 aliphatic heterocycles. The minimum absolute atomic E-state index is 0.0572. The van der Waals surface area contributed by atoms with Gasteiger partial charge in [0.1, 0.15) is 0 Å². The molecule has 0 rings (SSSR count). The molecular weight excluding hydrogens is 252 g/mol. The molecule has 0 nitrogen and oxygen atoms in total. The Balaban J connectivity index is 3.59. The van der Waals surface area contributed by atoms with E-state index in [1.807, 2.05) is 0 Å². The first-order chi connectivity index (χ1) is 7.72. The molecule has 0 saturated heterocycles. The lowest BCUT2D eigenvalue weighted by Gasteiger charge is -2.19. The van der Waals surface area contributed by atoms with E-state index in [0.29, 0.717) is 0 Å². The van der Waals surface area contributed by atoms with Crippen molar-refractivity contribution in [3.63, 3.8) is 0 Å². The van der Waals surface area contributed by atoms with Crippen molar-refractivity contribution >= 4 is 39.3 Å². The summed E-state index contributed by atoms with van der Waals surface area (Å²) >= 11 is 9.67. The predicted octanol–water partition coefficient (Wildman–Crippen LogP) is 5.36. The molecule has 0 fully saturated rings. The molecule has 0 atom stereocenters. The molecule has 0 N–H and O–H groups in total. The Hall–Kier alpha value is 0.790. The fourth-order valence-electron chi connectivity index (χ4n) is 1.76. The van der Waals surface area contributed by atoms with E-state index in [4.69, 9.17) is 12.2 Å². The number of thiocarbonyl (C=S) groups is 1. The molecule has 98 valence electrons. The van der Waals surface area contributed by atoms with Crippen LogP contribution in [-0.4, -0.2) is 15.0 Å². The third-order valence-corrected chi connectivity index (χ3v) is 6.71. The maximum atomic E-state index is 5.27. The Morgan fingerprint density at radius 1 is 0.875 bits per heavy atom. The molecular formula is C13H28S3. The highest BCUT2D eigenvalue weighted by Gasteiger charge is 2.06. The van der Waals surface area contributed by atoms with Gasteiger partial charge in [0.2, 0.25) is 0 Å². The second kappa shape index (κ2) is 12.3. The number of rotatable bonds is 10. The van der Waals surface area contributed by atoms with Crippen molar-refractivity contribution in [2.75, 3.05) is 11.5 Å². The van der Waals surface area contributed by atoms with Crippen molar-refractivity contribution in [3.8, 4) is 0 Å². The average Bonchev–Trinajstić information content (AvgIpc) is 2.26. The second-order valence-electron chi connectivity index (χ2n) is 4.39. The molecule has 16 heavy (non-hydrogen) atoms. The van der Waals surface area contributed by atoms with Crippen LogP contribution in [0.15, 0.2) is 0 Å². The van der Waals surface area contributed by atoms with Crippen molar-refractivity contribution in [1.29, 1.82) is 0 Å². The van der Waals surface area contributed by atoms with Crippen molar-refractivity contribution in [1.82, 2.24) is 0 Å². The Morgan fingerprint density at radius 2 is 1.31 bits per heavy atom. The second-order valence-corrected chi connectivity index (χ2v) is 8.63. The maximum Gasteiger partial charge on any atom is 0.0811 e. The van der Waals surface area contributed by atoms with Crippen LogP contribution in [0.2, 0.25) is 0 Å². The van der Waals surface area contributed by atoms with Gasteiger partial charge in [0, 0.05) is 0 Å². The van der Waals surface area contributed by atoms with Gasteiger partial charge in [0.15, 0.2) is 0 Å². The van der Waals surface area contributed by atoms with Gasteiger partial charge in [-0.15, -0.1) is 12.6 Å². The summed E-state index contributed by atoms with van der Waals surface area (Å²) in [5.74, 6) is 2.65. The van der Waals surface area contributed by atoms with Crippen molar-refractivity contribution in [2.45, 2.75) is 65.2 Å². The summed E-state index contributed by atoms with van der Waals surface area (Å²) in [6.07, 6.45) is 10.8. The normalized spacial score (nSPS) is 11.6. The van der Waals surface area contributed by atoms with Gasteiger partial charge in [0.25, 0.3) is 0 Å². The zero-order valence-corrected chi connectivity index (χ0v) is 13.5. The van der Waals surface area contributed by atoms with E-state index in [2.05, 4.69) is 26.5 Å². The van der Waals surface area contributed by atoms with E-state index in [1.54, 1.807) is 0 Å². The van der Waals surface area contributed by atoms with E-state index in [0.717, 1.165) is 3.53 Å². The molecule has 3 heteroatoms. The van der Waals surface area contributed by atoms with E-state index in [1.165, 1.54) is 62.9 Å². The smallest absolute Gasteiger partial charge is 0.0811 e. The molecule has 0 saturated carbocycles. The predicted molar refractivity (Wildman–Crippen MR) is 88.6 cm³/mol. The SMILES string of the molecule is CCCCCC[SH](CCCCCC)C(=S)S. The lowest BCUT2D eigenvalue weighted by atomic mass is 10.2. The summed E-state index contributed by atoms with van der Waals surface area (Å²) < 4.78 is 1.00. The van der Waals surface area contributed by atoms with Crippen LogP contribution in [0.1, 0.15) is 65.2 Å². The first-order valence-electron chi connectivity index (χ1n) is 6.70. The number of thiol groups is 2. The van der Waals surface area contributed by atoms with E-state index >= 15 is 0 Å². The molecule has 0 aliphatic carbocycles. The lowest BCUT2D eigenvalue weighted by Crippen LogP contribution is -2.00. The molecule has 0 amide bonds. The monoisotopic (exact) mass is 280 g/mol. The molecule has 0 spiro atoms. The van der Waals surface area contributed by atoms with Gasteiger partial charge in [-0.1, -0.05) is 64.6 Å². The standard InChI is InChI=1S/C13H28S3/c1-3-5-7-9-11-16(13(14)15)12-10-8-6-4-2/h16H,3-12H2,1-2H3,(H,14,15). The number of hydrogen-bond donors (Lipinski definition) is 2. The Kier molecular flexibility index (Phi) is 12.9. The topological polar surface area (TPSA) is 0 Å². The van der Waals surface area contributed by atoms with Crippen LogP contribution in [0.25, 0.3) is 0 Å². The fourth-order valence-corrected chi connectivity index (χ4v) is 4.73. The summed E-state index contributed by atoms with van der Waals surface area (Å²) in [5, 5.41) is 0. The summed E-state index contributed by atoms with van der Waals surface area (Å²) in [6.45, 7) is 4.52. The minimum Gasteiger partial charge on any atom is -0.211 e. The Bertz CT molecular complexity index is 157. The average molecular weight is 281 g/mol. The van der Waals surface area contributed by atoms with Crippen LogP contribution in [0.5, 0.6) is 0 Å². The quantitative estimate of drug-likeness (QED) is 0.308. The highest BCUT2D eigenvalue weighted by molar-refractivity contribution is 8.50. The molecule has 0 unspecified atom stereocenters. The van der Waals surface area contributed by atoms with E-state index < -0.39 is 0 Å². The third-order valence-electron chi connectivity index (χ3n) is 2.83. The summed E-state index contributed by atoms with van der Waals surface area (Å²) in [4.78, 5) is 0. The van der Waals surface area contributed by atoms with Gasteiger partial charge in [0.05, 0.1) is 3.53 Å². The highest BCUT2D eigenvalue weighted by Crippen LogP contribution is 2.32. The molecule has 0 aromatic rings. The van der Waals surface area contributed by atoms with Gasteiger partial charge >= 0.3 is 0 Å². The highest BCUT2D eigenvalue weighted by atomic mass is 32.3. The van der Waals surface area contributed by atoms with Crippen LogP contribution >= 0.6 is 35.7 Å². The molecule has 0 aromatic carbocycles. The lowest BCUT2D eigenvalue weighted by molar-refractivity contribution is 0.699. The van der Waals surface area contributed by atoms with Crippen LogP contribution in [0.4, 0.5) is 0 Å². The Labute approximate surface area is 116 Å². The molecule has 0 heterocycles. The first-order valence-corrected chi connectivity index (χ1v) is 9.27. The number of unbranched alkanes of at least 4 members (excludes halogenated alkanes) is 6. The van der Waals surface area contributed by atoms with Gasteiger partial charge in [-0.2, -0.15) is 0 Å². The first kappa shape index (κ1) is 16.8. The van der Waals surface area contributed by atoms with E-state index in [-0.39, 0.29) is 10.9 Å². The zero-order chi connectivity index (χ0) is 12.2. The van der Waals surface area contributed by atoms with Gasteiger partial charge in [-0.05, 0) is 24.3 Å². The van der Waals surface area contributed by atoms with E-state index in [9.17, 15) is 0 Å². The van der Waals surface area contributed by atoms with Crippen molar-refractivity contribution in [2.24, 2.45) is 0 Å². The number of hydrogen-bond acceptors (Lipinski definition) is 1. The molecule has 0 radical (unpaired) electrons. The Morgan fingerprint density at radius 3 is 1.62 bits per heavy atom. The van der Waals surface area contributed by atoms with Gasteiger partial charge in [-0.25, -0.2) is 10.9 Å². The van der Waals surface area contributed by atoms with Gasteiger partial charge < -0.3 is 0 Å². The largest absolute Gasteiger partial charge is 0.211 e. The third kappa shape index (κ3) is 9.98. The van der Waals surface area contributed by atoms with Crippen LogP contribution in [0, 0.1) is 0 Å². The van der Waals surface area contributed by atoms with Crippen LogP contribution in [0.3, 0.4) is 0 Å². The van der Waals surface area contributed by atoms with Crippen molar-refractivity contribution in [3.05, 3.63) is 0 Å². The summed E-state index contributed by atoms with van der Waals surface area (Å²) in [5.41, 5.74) is 0. The van der Waals surface area contributed by atoms with Gasteiger partial charge in [-0.3, -0.25) is 0 Å². The van der Waals surface area contributed by atoms with Crippen LogP contribution < -0.4 is 0 Å². The minimum atomic E-state index is -0.0572. The molecule has 0 bridgehead atoms.